The SMILES string of the molecule is CC(C)[C@H](NC(=O)c1ccccc1F)C(=O)Nc1ccc(N2CCCC2)cc1. The Bertz CT molecular complexity index is 830. The highest BCUT2D eigenvalue weighted by molar-refractivity contribution is 6.01. The van der Waals surface area contributed by atoms with Crippen molar-refractivity contribution in [3.05, 3.63) is 59.9 Å². The molecule has 1 saturated heterocycles. The number of halogens is 1. The van der Waals surface area contributed by atoms with Crippen molar-refractivity contribution in [2.24, 2.45) is 5.92 Å². The third kappa shape index (κ3) is 4.68. The Labute approximate surface area is 164 Å². The zero-order valence-corrected chi connectivity index (χ0v) is 16.2. The van der Waals surface area contributed by atoms with Crippen molar-refractivity contribution in [3.63, 3.8) is 0 Å². The first-order valence-electron chi connectivity index (χ1n) is 9.67. The molecule has 28 heavy (non-hydrogen) atoms. The summed E-state index contributed by atoms with van der Waals surface area (Å²) in [7, 11) is 0. The quantitative estimate of drug-likeness (QED) is 0.797. The van der Waals surface area contributed by atoms with Gasteiger partial charge in [-0.05, 0) is 55.2 Å². The van der Waals surface area contributed by atoms with Crippen molar-refractivity contribution < 1.29 is 14.0 Å². The van der Waals surface area contributed by atoms with Gasteiger partial charge in [-0.25, -0.2) is 4.39 Å². The monoisotopic (exact) mass is 383 g/mol. The number of hydrogen-bond acceptors (Lipinski definition) is 3. The number of anilines is 2. The molecule has 2 aromatic carbocycles. The molecule has 2 aromatic rings. The van der Waals surface area contributed by atoms with Gasteiger partial charge in [0.1, 0.15) is 11.9 Å². The molecule has 1 atom stereocenters. The number of carbonyl (C=O) groups is 2. The van der Waals surface area contributed by atoms with Gasteiger partial charge in [0.15, 0.2) is 0 Å². The van der Waals surface area contributed by atoms with Crippen LogP contribution in [-0.4, -0.2) is 30.9 Å². The lowest BCUT2D eigenvalue weighted by Crippen LogP contribution is -2.47. The largest absolute Gasteiger partial charge is 0.372 e. The van der Waals surface area contributed by atoms with Crippen LogP contribution < -0.4 is 15.5 Å². The van der Waals surface area contributed by atoms with Crippen molar-refractivity contribution >= 4 is 23.2 Å². The summed E-state index contributed by atoms with van der Waals surface area (Å²) in [6, 6.07) is 12.7. The first-order valence-corrected chi connectivity index (χ1v) is 9.67. The molecule has 2 N–H and O–H groups in total. The Morgan fingerprint density at radius 2 is 1.64 bits per heavy atom. The topological polar surface area (TPSA) is 61.4 Å². The second kappa shape index (κ2) is 8.87. The number of nitrogens with zero attached hydrogens (tertiary/aromatic N) is 1. The lowest BCUT2D eigenvalue weighted by molar-refractivity contribution is -0.118. The summed E-state index contributed by atoms with van der Waals surface area (Å²) in [4.78, 5) is 27.4. The standard InChI is InChI=1S/C22H26FN3O2/c1-15(2)20(25-21(27)18-7-3-4-8-19(18)23)22(28)24-16-9-11-17(12-10-16)26-13-5-6-14-26/h3-4,7-12,15,20H,5-6,13-14H2,1-2H3,(H,24,28)(H,25,27)/t20-/m0/s1. The highest BCUT2D eigenvalue weighted by Crippen LogP contribution is 2.22. The average Bonchev–Trinajstić information content (AvgIpc) is 3.21. The molecule has 1 fully saturated rings. The molecule has 1 heterocycles. The van der Waals surface area contributed by atoms with Crippen molar-refractivity contribution in [1.29, 1.82) is 0 Å². The highest BCUT2D eigenvalue weighted by Gasteiger charge is 2.26. The lowest BCUT2D eigenvalue weighted by Gasteiger charge is -2.22. The van der Waals surface area contributed by atoms with Crippen LogP contribution in [0.25, 0.3) is 0 Å². The Morgan fingerprint density at radius 3 is 2.25 bits per heavy atom. The van der Waals surface area contributed by atoms with Crippen molar-refractivity contribution in [2.45, 2.75) is 32.7 Å². The Hall–Kier alpha value is -2.89. The molecule has 148 valence electrons. The number of carbonyl (C=O) groups excluding carboxylic acids is 2. The van der Waals surface area contributed by atoms with Gasteiger partial charge in [0.25, 0.3) is 5.91 Å². The van der Waals surface area contributed by atoms with Crippen LogP contribution >= 0.6 is 0 Å². The van der Waals surface area contributed by atoms with Crippen LogP contribution in [0.4, 0.5) is 15.8 Å². The number of amides is 2. The molecule has 5 nitrogen and oxygen atoms in total. The van der Waals surface area contributed by atoms with E-state index in [0.717, 1.165) is 18.8 Å². The second-order valence-corrected chi connectivity index (χ2v) is 7.41. The molecule has 0 aromatic heterocycles. The van der Waals surface area contributed by atoms with Crippen LogP contribution in [0.5, 0.6) is 0 Å². The number of benzene rings is 2. The van der Waals surface area contributed by atoms with Crippen molar-refractivity contribution in [2.75, 3.05) is 23.3 Å². The number of hydrogen-bond donors (Lipinski definition) is 2. The van der Waals surface area contributed by atoms with E-state index in [4.69, 9.17) is 0 Å². The molecule has 0 bridgehead atoms. The van der Waals surface area contributed by atoms with E-state index in [0.29, 0.717) is 5.69 Å². The predicted octanol–water partition coefficient (Wildman–Crippen LogP) is 3.82. The Kier molecular flexibility index (Phi) is 6.29. The molecule has 0 unspecified atom stereocenters. The van der Waals surface area contributed by atoms with E-state index in [1.165, 1.54) is 31.0 Å². The molecule has 0 radical (unpaired) electrons. The number of nitrogens with one attached hydrogen (secondary N) is 2. The van der Waals surface area contributed by atoms with Crippen LogP contribution in [0.1, 0.15) is 37.0 Å². The van der Waals surface area contributed by atoms with Gasteiger partial charge < -0.3 is 15.5 Å². The van der Waals surface area contributed by atoms with E-state index >= 15 is 0 Å². The van der Waals surface area contributed by atoms with Gasteiger partial charge in [0, 0.05) is 24.5 Å². The molecule has 2 amide bonds. The molecule has 0 saturated carbocycles. The van der Waals surface area contributed by atoms with E-state index in [2.05, 4.69) is 15.5 Å². The third-order valence-corrected chi connectivity index (χ3v) is 4.96. The van der Waals surface area contributed by atoms with Crippen LogP contribution in [-0.2, 0) is 4.79 Å². The molecule has 0 spiro atoms. The smallest absolute Gasteiger partial charge is 0.254 e. The summed E-state index contributed by atoms with van der Waals surface area (Å²) in [6.07, 6.45) is 2.41. The minimum absolute atomic E-state index is 0.0732. The Morgan fingerprint density at radius 1 is 1.00 bits per heavy atom. The maximum absolute atomic E-state index is 13.8. The van der Waals surface area contributed by atoms with E-state index in [9.17, 15) is 14.0 Å². The van der Waals surface area contributed by atoms with E-state index in [1.54, 1.807) is 6.07 Å². The number of rotatable bonds is 6. The summed E-state index contributed by atoms with van der Waals surface area (Å²) in [5.74, 6) is -1.69. The summed E-state index contributed by atoms with van der Waals surface area (Å²) >= 11 is 0. The zero-order chi connectivity index (χ0) is 20.1. The van der Waals surface area contributed by atoms with Gasteiger partial charge in [-0.3, -0.25) is 9.59 Å². The second-order valence-electron chi connectivity index (χ2n) is 7.41. The van der Waals surface area contributed by atoms with Gasteiger partial charge in [0.2, 0.25) is 5.91 Å². The van der Waals surface area contributed by atoms with Gasteiger partial charge in [-0.2, -0.15) is 0 Å². The van der Waals surface area contributed by atoms with Crippen LogP contribution in [0.2, 0.25) is 0 Å². The summed E-state index contributed by atoms with van der Waals surface area (Å²) in [5.41, 5.74) is 1.73. The fourth-order valence-electron chi connectivity index (χ4n) is 3.35. The van der Waals surface area contributed by atoms with Crippen molar-refractivity contribution in [3.8, 4) is 0 Å². The fraction of sp³-hybridized carbons (Fsp3) is 0.364. The first-order chi connectivity index (χ1) is 13.5. The molecule has 0 aliphatic carbocycles. The minimum Gasteiger partial charge on any atom is -0.372 e. The minimum atomic E-state index is -0.773. The molecule has 1 aliphatic rings. The molecular formula is C22H26FN3O2. The van der Waals surface area contributed by atoms with Gasteiger partial charge in [-0.15, -0.1) is 0 Å². The average molecular weight is 383 g/mol. The molecular weight excluding hydrogens is 357 g/mol. The molecule has 1 aliphatic heterocycles. The predicted molar refractivity (Wildman–Crippen MR) is 109 cm³/mol. The summed E-state index contributed by atoms with van der Waals surface area (Å²) < 4.78 is 13.8. The lowest BCUT2D eigenvalue weighted by atomic mass is 10.0. The van der Waals surface area contributed by atoms with Gasteiger partial charge >= 0.3 is 0 Å². The normalized spacial score (nSPS) is 14.8. The third-order valence-electron chi connectivity index (χ3n) is 4.96. The fourth-order valence-corrected chi connectivity index (χ4v) is 3.35. The maximum atomic E-state index is 13.8. The van der Waals surface area contributed by atoms with E-state index in [-0.39, 0.29) is 17.4 Å². The molecule has 6 heteroatoms. The van der Waals surface area contributed by atoms with E-state index in [1.807, 2.05) is 38.1 Å². The van der Waals surface area contributed by atoms with E-state index < -0.39 is 17.8 Å². The first kappa shape index (κ1) is 19.9. The highest BCUT2D eigenvalue weighted by atomic mass is 19.1. The zero-order valence-electron chi connectivity index (χ0n) is 16.2. The Balaban J connectivity index is 1.66. The van der Waals surface area contributed by atoms with Gasteiger partial charge in [0.05, 0.1) is 5.56 Å². The van der Waals surface area contributed by atoms with Gasteiger partial charge in [-0.1, -0.05) is 26.0 Å². The summed E-state index contributed by atoms with van der Waals surface area (Å²) in [6.45, 7) is 5.79. The summed E-state index contributed by atoms with van der Waals surface area (Å²) in [5, 5.41) is 5.50. The maximum Gasteiger partial charge on any atom is 0.254 e. The van der Waals surface area contributed by atoms with Crippen LogP contribution in [0.3, 0.4) is 0 Å². The van der Waals surface area contributed by atoms with Crippen molar-refractivity contribution in [1.82, 2.24) is 5.32 Å². The van der Waals surface area contributed by atoms with Crippen LogP contribution in [0, 0.1) is 11.7 Å². The molecule has 3 rings (SSSR count). The van der Waals surface area contributed by atoms with Crippen LogP contribution in [0.15, 0.2) is 48.5 Å².